The van der Waals surface area contributed by atoms with E-state index in [1.807, 2.05) is 0 Å². The van der Waals surface area contributed by atoms with Gasteiger partial charge in [-0.25, -0.2) is 0 Å². The first-order chi connectivity index (χ1) is 6.83. The van der Waals surface area contributed by atoms with Crippen LogP contribution in [0.4, 0.5) is 13.2 Å². The minimum Gasteiger partial charge on any atom is -0.404 e. The summed E-state index contributed by atoms with van der Waals surface area (Å²) >= 11 is 0. The quantitative estimate of drug-likeness (QED) is 0.829. The second-order valence-corrected chi connectivity index (χ2v) is 3.09. The molecule has 0 saturated carbocycles. The van der Waals surface area contributed by atoms with Crippen LogP contribution in [-0.2, 0) is 6.54 Å². The Labute approximate surface area is 85.1 Å². The summed E-state index contributed by atoms with van der Waals surface area (Å²) in [6.07, 6.45) is -4.69. The molecule has 3 nitrogen and oxygen atoms in total. The Kier molecular flexibility index (Phi) is 3.18. The van der Waals surface area contributed by atoms with Crippen molar-refractivity contribution in [2.45, 2.75) is 26.8 Å². The van der Waals surface area contributed by atoms with Crippen LogP contribution in [0.2, 0.25) is 0 Å². The van der Waals surface area contributed by atoms with Crippen LogP contribution in [0, 0.1) is 13.8 Å². The van der Waals surface area contributed by atoms with E-state index < -0.39 is 6.36 Å². The van der Waals surface area contributed by atoms with Gasteiger partial charge >= 0.3 is 6.36 Å². The molecule has 0 aromatic carbocycles. The number of rotatable bonds is 2. The predicted octanol–water partition coefficient (Wildman–Crippen LogP) is 2.06. The summed E-state index contributed by atoms with van der Waals surface area (Å²) in [6, 6.07) is 1.29. The molecule has 15 heavy (non-hydrogen) atoms. The lowest BCUT2D eigenvalue weighted by molar-refractivity contribution is -0.275. The molecule has 1 rings (SSSR count). The van der Waals surface area contributed by atoms with Crippen LogP contribution >= 0.6 is 0 Å². The summed E-state index contributed by atoms with van der Waals surface area (Å²) < 4.78 is 39.7. The van der Waals surface area contributed by atoms with E-state index in [1.54, 1.807) is 6.92 Å². The number of hydrogen-bond donors (Lipinski definition) is 1. The van der Waals surface area contributed by atoms with E-state index in [4.69, 9.17) is 5.73 Å². The number of aromatic nitrogens is 1. The number of ether oxygens (including phenoxy) is 1. The Balaban J connectivity index is 3.05. The van der Waals surface area contributed by atoms with Gasteiger partial charge in [0.2, 0.25) is 0 Å². The number of nitrogens with two attached hydrogens (primary N) is 1. The molecule has 1 heterocycles. The average Bonchev–Trinajstić information content (AvgIpc) is 2.08. The summed E-state index contributed by atoms with van der Waals surface area (Å²) in [5, 5.41) is 0. The topological polar surface area (TPSA) is 48.1 Å². The molecule has 0 unspecified atom stereocenters. The van der Waals surface area contributed by atoms with Crippen LogP contribution in [-0.4, -0.2) is 11.3 Å². The molecule has 84 valence electrons. The molecule has 0 radical (unpaired) electrons. The molecule has 0 spiro atoms. The van der Waals surface area contributed by atoms with Gasteiger partial charge in [0.05, 0.1) is 11.4 Å². The predicted molar refractivity (Wildman–Crippen MR) is 48.3 cm³/mol. The molecule has 1 aromatic rings. The van der Waals surface area contributed by atoms with Gasteiger partial charge in [0, 0.05) is 6.54 Å². The molecule has 2 N–H and O–H groups in total. The van der Waals surface area contributed by atoms with Gasteiger partial charge in [-0.2, -0.15) is 0 Å². The van der Waals surface area contributed by atoms with Gasteiger partial charge in [-0.1, -0.05) is 0 Å². The molecule has 0 amide bonds. The van der Waals surface area contributed by atoms with Crippen LogP contribution in [0.1, 0.15) is 17.0 Å². The van der Waals surface area contributed by atoms with Crippen molar-refractivity contribution >= 4 is 0 Å². The lowest BCUT2D eigenvalue weighted by Gasteiger charge is -2.13. The summed E-state index contributed by atoms with van der Waals surface area (Å²) in [5.41, 5.74) is 6.71. The first-order valence-electron chi connectivity index (χ1n) is 4.26. The van der Waals surface area contributed by atoms with Crippen LogP contribution in [0.5, 0.6) is 5.75 Å². The molecule has 6 heteroatoms. The van der Waals surface area contributed by atoms with E-state index in [0.29, 0.717) is 11.3 Å². The fourth-order valence-corrected chi connectivity index (χ4v) is 1.16. The standard InChI is InChI=1S/C9H11F3N2O/c1-5-3-8(15-9(10,11)12)6(2)14-7(5)4-13/h3H,4,13H2,1-2H3. The van der Waals surface area contributed by atoms with E-state index in [-0.39, 0.29) is 18.0 Å². The fraction of sp³-hybridized carbons (Fsp3) is 0.444. The van der Waals surface area contributed by atoms with Crippen LogP contribution in [0.15, 0.2) is 6.07 Å². The largest absolute Gasteiger partial charge is 0.573 e. The van der Waals surface area contributed by atoms with Gasteiger partial charge in [0.25, 0.3) is 0 Å². The monoisotopic (exact) mass is 220 g/mol. The minimum absolute atomic E-state index is 0.179. The number of hydrogen-bond acceptors (Lipinski definition) is 3. The van der Waals surface area contributed by atoms with Crippen molar-refractivity contribution in [3.8, 4) is 5.75 Å². The van der Waals surface area contributed by atoms with Gasteiger partial charge in [-0.05, 0) is 25.5 Å². The molecule has 0 bridgehead atoms. The zero-order valence-electron chi connectivity index (χ0n) is 8.35. The average molecular weight is 220 g/mol. The Morgan fingerprint density at radius 3 is 2.47 bits per heavy atom. The van der Waals surface area contributed by atoms with E-state index >= 15 is 0 Å². The lowest BCUT2D eigenvalue weighted by Crippen LogP contribution is -2.18. The number of halogens is 3. The van der Waals surface area contributed by atoms with Crippen LogP contribution < -0.4 is 10.5 Å². The van der Waals surface area contributed by atoms with Gasteiger partial charge in [0.1, 0.15) is 0 Å². The zero-order chi connectivity index (χ0) is 11.6. The molecular formula is C9H11F3N2O. The van der Waals surface area contributed by atoms with Crippen LogP contribution in [0.25, 0.3) is 0 Å². The maximum atomic E-state index is 12.0. The van der Waals surface area contributed by atoms with Crippen molar-refractivity contribution in [2.24, 2.45) is 5.73 Å². The zero-order valence-corrected chi connectivity index (χ0v) is 8.35. The molecule has 0 saturated heterocycles. The molecule has 1 aromatic heterocycles. The van der Waals surface area contributed by atoms with Crippen LogP contribution in [0.3, 0.4) is 0 Å². The maximum absolute atomic E-state index is 12.0. The lowest BCUT2D eigenvalue weighted by atomic mass is 10.2. The van der Waals surface area contributed by atoms with Crippen molar-refractivity contribution in [2.75, 3.05) is 0 Å². The molecule has 0 aliphatic rings. The Bertz CT molecular complexity index is 363. The second-order valence-electron chi connectivity index (χ2n) is 3.09. The smallest absolute Gasteiger partial charge is 0.404 e. The number of aryl methyl sites for hydroxylation is 2. The highest BCUT2D eigenvalue weighted by molar-refractivity contribution is 5.34. The van der Waals surface area contributed by atoms with E-state index in [0.717, 1.165) is 0 Å². The second kappa shape index (κ2) is 4.06. The normalized spacial score (nSPS) is 11.6. The Hall–Kier alpha value is -1.30. The Morgan fingerprint density at radius 2 is 2.00 bits per heavy atom. The van der Waals surface area contributed by atoms with Gasteiger partial charge in [-0.15, -0.1) is 13.2 Å². The summed E-state index contributed by atoms with van der Waals surface area (Å²) in [6.45, 7) is 3.27. The third-order valence-corrected chi connectivity index (χ3v) is 1.88. The van der Waals surface area contributed by atoms with E-state index in [1.165, 1.54) is 13.0 Å². The van der Waals surface area contributed by atoms with Gasteiger partial charge in [-0.3, -0.25) is 4.98 Å². The third-order valence-electron chi connectivity index (χ3n) is 1.88. The van der Waals surface area contributed by atoms with E-state index in [2.05, 4.69) is 9.72 Å². The third kappa shape index (κ3) is 3.09. The van der Waals surface area contributed by atoms with Gasteiger partial charge in [0.15, 0.2) is 5.75 Å². The SMILES string of the molecule is Cc1cc(OC(F)(F)F)c(C)nc1CN. The summed E-state index contributed by atoms with van der Waals surface area (Å²) in [5.74, 6) is -0.280. The van der Waals surface area contributed by atoms with Crippen molar-refractivity contribution in [3.63, 3.8) is 0 Å². The minimum atomic E-state index is -4.69. The molecule has 0 aliphatic heterocycles. The molecule has 0 aliphatic carbocycles. The first-order valence-corrected chi connectivity index (χ1v) is 4.26. The highest BCUT2D eigenvalue weighted by Gasteiger charge is 2.32. The van der Waals surface area contributed by atoms with E-state index in [9.17, 15) is 13.2 Å². The molecular weight excluding hydrogens is 209 g/mol. The van der Waals surface area contributed by atoms with Crippen molar-refractivity contribution in [3.05, 3.63) is 23.0 Å². The molecule has 0 fully saturated rings. The number of alkyl halides is 3. The number of pyridine rings is 1. The van der Waals surface area contributed by atoms with Crippen molar-refractivity contribution in [1.82, 2.24) is 4.98 Å². The fourth-order valence-electron chi connectivity index (χ4n) is 1.16. The number of nitrogens with zero attached hydrogens (tertiary/aromatic N) is 1. The van der Waals surface area contributed by atoms with Gasteiger partial charge < -0.3 is 10.5 Å². The summed E-state index contributed by atoms with van der Waals surface area (Å²) in [4.78, 5) is 3.93. The molecule has 0 atom stereocenters. The Morgan fingerprint density at radius 1 is 1.40 bits per heavy atom. The highest BCUT2D eigenvalue weighted by atomic mass is 19.4. The van der Waals surface area contributed by atoms with Crippen molar-refractivity contribution in [1.29, 1.82) is 0 Å². The highest BCUT2D eigenvalue weighted by Crippen LogP contribution is 2.26. The summed E-state index contributed by atoms with van der Waals surface area (Å²) in [7, 11) is 0. The first kappa shape index (κ1) is 11.8. The van der Waals surface area contributed by atoms with Crippen molar-refractivity contribution < 1.29 is 17.9 Å². The maximum Gasteiger partial charge on any atom is 0.573 e.